The Morgan fingerprint density at radius 3 is 2.62 bits per heavy atom. The standard InChI is InChI=1S/C14H12BrClN2O3/c1-8(17)9-5-6-12(10(16)7-9)21-13-4-2-3-11(14(13)15)18(19)20/h2-8H,17H2,1H3/t8-/m0/s1. The minimum atomic E-state index is -0.488. The number of hydrogen-bond acceptors (Lipinski definition) is 4. The molecule has 0 aromatic heterocycles. The molecule has 5 nitrogen and oxygen atoms in total. The summed E-state index contributed by atoms with van der Waals surface area (Å²) in [5, 5.41) is 11.3. The van der Waals surface area contributed by atoms with E-state index in [1.165, 1.54) is 6.07 Å². The van der Waals surface area contributed by atoms with Crippen molar-refractivity contribution in [3.05, 3.63) is 61.6 Å². The highest BCUT2D eigenvalue weighted by molar-refractivity contribution is 9.10. The van der Waals surface area contributed by atoms with Crippen molar-refractivity contribution in [2.24, 2.45) is 5.73 Å². The number of nitro benzene ring substituents is 1. The highest BCUT2D eigenvalue weighted by Crippen LogP contribution is 2.38. The van der Waals surface area contributed by atoms with Crippen molar-refractivity contribution in [1.29, 1.82) is 0 Å². The fourth-order valence-corrected chi connectivity index (χ4v) is 2.44. The fourth-order valence-electron chi connectivity index (χ4n) is 1.72. The lowest BCUT2D eigenvalue weighted by atomic mass is 10.1. The normalized spacial score (nSPS) is 12.0. The first kappa shape index (κ1) is 15.8. The van der Waals surface area contributed by atoms with Gasteiger partial charge in [0.25, 0.3) is 5.69 Å². The van der Waals surface area contributed by atoms with Crippen molar-refractivity contribution in [1.82, 2.24) is 0 Å². The van der Waals surface area contributed by atoms with Crippen LogP contribution in [-0.4, -0.2) is 4.92 Å². The maximum absolute atomic E-state index is 10.9. The molecule has 0 heterocycles. The molecular formula is C14H12BrClN2O3. The predicted molar refractivity (Wildman–Crippen MR) is 84.9 cm³/mol. The topological polar surface area (TPSA) is 78.4 Å². The van der Waals surface area contributed by atoms with E-state index in [1.54, 1.807) is 30.3 Å². The molecule has 7 heteroatoms. The van der Waals surface area contributed by atoms with Gasteiger partial charge in [-0.25, -0.2) is 0 Å². The SMILES string of the molecule is C[C@H](N)c1ccc(Oc2cccc([N+](=O)[O-])c2Br)c(Cl)c1. The maximum Gasteiger partial charge on any atom is 0.287 e. The summed E-state index contributed by atoms with van der Waals surface area (Å²) < 4.78 is 5.91. The van der Waals surface area contributed by atoms with Crippen LogP contribution in [0.25, 0.3) is 0 Å². The minimum Gasteiger partial charge on any atom is -0.454 e. The zero-order valence-corrected chi connectivity index (χ0v) is 13.4. The molecule has 0 unspecified atom stereocenters. The van der Waals surface area contributed by atoms with Gasteiger partial charge in [-0.3, -0.25) is 10.1 Å². The van der Waals surface area contributed by atoms with Crippen LogP contribution < -0.4 is 10.5 Å². The van der Waals surface area contributed by atoms with Gasteiger partial charge >= 0.3 is 0 Å². The Kier molecular flexibility index (Phi) is 4.82. The summed E-state index contributed by atoms with van der Waals surface area (Å²) in [4.78, 5) is 10.4. The maximum atomic E-state index is 10.9. The van der Waals surface area contributed by atoms with E-state index in [0.29, 0.717) is 16.5 Å². The second-order valence-electron chi connectivity index (χ2n) is 4.43. The van der Waals surface area contributed by atoms with E-state index in [9.17, 15) is 10.1 Å². The third-order valence-corrected chi connectivity index (χ3v) is 3.93. The lowest BCUT2D eigenvalue weighted by Gasteiger charge is -2.12. The van der Waals surface area contributed by atoms with Gasteiger partial charge in [-0.15, -0.1) is 0 Å². The van der Waals surface area contributed by atoms with E-state index >= 15 is 0 Å². The predicted octanol–water partition coefficient (Wildman–Crippen LogP) is 4.82. The first-order chi connectivity index (χ1) is 9.90. The smallest absolute Gasteiger partial charge is 0.287 e. The second kappa shape index (κ2) is 6.43. The fraction of sp³-hybridized carbons (Fsp3) is 0.143. The number of hydrogen-bond donors (Lipinski definition) is 1. The average Bonchev–Trinajstić information content (AvgIpc) is 2.42. The number of rotatable bonds is 4. The molecule has 21 heavy (non-hydrogen) atoms. The van der Waals surface area contributed by atoms with Crippen LogP contribution in [0.3, 0.4) is 0 Å². The van der Waals surface area contributed by atoms with Crippen LogP contribution in [0.1, 0.15) is 18.5 Å². The monoisotopic (exact) mass is 370 g/mol. The summed E-state index contributed by atoms with van der Waals surface area (Å²) >= 11 is 9.32. The van der Waals surface area contributed by atoms with Gasteiger partial charge in [0.05, 0.1) is 9.95 Å². The molecule has 0 radical (unpaired) electrons. The molecule has 2 aromatic rings. The molecule has 0 saturated heterocycles. The van der Waals surface area contributed by atoms with Gasteiger partial charge in [0.15, 0.2) is 0 Å². The Labute approximate surface area is 134 Å². The zero-order chi connectivity index (χ0) is 15.6. The Morgan fingerprint density at radius 2 is 2.05 bits per heavy atom. The van der Waals surface area contributed by atoms with Gasteiger partial charge in [-0.05, 0) is 46.6 Å². The van der Waals surface area contributed by atoms with E-state index < -0.39 is 4.92 Å². The molecule has 0 aliphatic rings. The Hall–Kier alpha value is -1.63. The molecule has 2 N–H and O–H groups in total. The summed E-state index contributed by atoms with van der Waals surface area (Å²) in [7, 11) is 0. The molecule has 110 valence electrons. The minimum absolute atomic E-state index is 0.0733. The van der Waals surface area contributed by atoms with Crippen molar-refractivity contribution in [3.63, 3.8) is 0 Å². The molecule has 0 aliphatic carbocycles. The number of nitro groups is 1. The van der Waals surface area contributed by atoms with Crippen LogP contribution in [0.4, 0.5) is 5.69 Å². The average molecular weight is 372 g/mol. The summed E-state index contributed by atoms with van der Waals surface area (Å²) in [6.45, 7) is 1.85. The summed E-state index contributed by atoms with van der Waals surface area (Å²) in [5.74, 6) is 0.724. The first-order valence-electron chi connectivity index (χ1n) is 6.06. The van der Waals surface area contributed by atoms with E-state index in [4.69, 9.17) is 22.1 Å². The number of nitrogens with zero attached hydrogens (tertiary/aromatic N) is 1. The van der Waals surface area contributed by atoms with Gasteiger partial charge in [0.1, 0.15) is 16.0 Å². The lowest BCUT2D eigenvalue weighted by Crippen LogP contribution is -2.04. The lowest BCUT2D eigenvalue weighted by molar-refractivity contribution is -0.385. The highest BCUT2D eigenvalue weighted by Gasteiger charge is 2.17. The Morgan fingerprint density at radius 1 is 1.33 bits per heavy atom. The zero-order valence-electron chi connectivity index (χ0n) is 11.0. The molecule has 2 aromatic carbocycles. The number of halogens is 2. The first-order valence-corrected chi connectivity index (χ1v) is 7.23. The third kappa shape index (κ3) is 3.53. The van der Waals surface area contributed by atoms with E-state index in [0.717, 1.165) is 5.56 Å². The summed E-state index contributed by atoms with van der Waals surface area (Å²) in [5.41, 5.74) is 6.59. The number of nitrogens with two attached hydrogens (primary N) is 1. The second-order valence-corrected chi connectivity index (χ2v) is 5.63. The molecule has 2 rings (SSSR count). The van der Waals surface area contributed by atoms with Crippen molar-refractivity contribution in [3.8, 4) is 11.5 Å². The molecule has 0 bridgehead atoms. The van der Waals surface area contributed by atoms with Crippen LogP contribution in [0.2, 0.25) is 5.02 Å². The largest absolute Gasteiger partial charge is 0.454 e. The van der Waals surface area contributed by atoms with Crippen molar-refractivity contribution < 1.29 is 9.66 Å². The van der Waals surface area contributed by atoms with E-state index in [1.807, 2.05) is 6.92 Å². The highest BCUT2D eigenvalue weighted by atomic mass is 79.9. The van der Waals surface area contributed by atoms with Crippen LogP contribution in [0, 0.1) is 10.1 Å². The molecule has 0 saturated carbocycles. The van der Waals surface area contributed by atoms with E-state index in [-0.39, 0.29) is 16.2 Å². The molecular weight excluding hydrogens is 360 g/mol. The molecule has 0 fully saturated rings. The van der Waals surface area contributed by atoms with Crippen molar-refractivity contribution in [2.75, 3.05) is 0 Å². The van der Waals surface area contributed by atoms with Crippen LogP contribution in [0.5, 0.6) is 11.5 Å². The third-order valence-electron chi connectivity index (χ3n) is 2.84. The molecule has 1 atom stereocenters. The summed E-state index contributed by atoms with van der Waals surface area (Å²) in [6.07, 6.45) is 0. The van der Waals surface area contributed by atoms with Gasteiger partial charge < -0.3 is 10.5 Å². The van der Waals surface area contributed by atoms with Gasteiger partial charge in [-0.1, -0.05) is 23.7 Å². The van der Waals surface area contributed by atoms with Gasteiger partial charge in [-0.2, -0.15) is 0 Å². The Balaban J connectivity index is 2.35. The van der Waals surface area contributed by atoms with Crippen LogP contribution in [0.15, 0.2) is 40.9 Å². The van der Waals surface area contributed by atoms with Crippen molar-refractivity contribution >= 4 is 33.2 Å². The van der Waals surface area contributed by atoms with Gasteiger partial charge in [0.2, 0.25) is 0 Å². The van der Waals surface area contributed by atoms with Crippen molar-refractivity contribution in [2.45, 2.75) is 13.0 Å². The molecule has 0 aliphatic heterocycles. The quantitative estimate of drug-likeness (QED) is 0.617. The number of benzene rings is 2. The van der Waals surface area contributed by atoms with Crippen LogP contribution in [-0.2, 0) is 0 Å². The van der Waals surface area contributed by atoms with Crippen LogP contribution >= 0.6 is 27.5 Å². The van der Waals surface area contributed by atoms with Gasteiger partial charge in [0, 0.05) is 12.1 Å². The number of ether oxygens (including phenoxy) is 1. The van der Waals surface area contributed by atoms with E-state index in [2.05, 4.69) is 15.9 Å². The molecule has 0 spiro atoms. The summed E-state index contributed by atoms with van der Waals surface area (Å²) in [6, 6.07) is 9.62. The molecule has 0 amide bonds. The Bertz CT molecular complexity index is 692.